The highest BCUT2D eigenvalue weighted by Gasteiger charge is 2.05. The van der Waals surface area contributed by atoms with Crippen molar-refractivity contribution >= 4 is 11.8 Å². The summed E-state index contributed by atoms with van der Waals surface area (Å²) in [4.78, 5) is 9.06. The SMILES string of the molecule is Cc1nc(SCc2cccc(C#CCN)c2)nc(C)c1C. The van der Waals surface area contributed by atoms with Gasteiger partial charge in [-0.25, -0.2) is 9.97 Å². The van der Waals surface area contributed by atoms with Crippen LogP contribution < -0.4 is 5.73 Å². The molecule has 2 N–H and O–H groups in total. The number of hydrogen-bond donors (Lipinski definition) is 1. The molecule has 0 amide bonds. The van der Waals surface area contributed by atoms with Gasteiger partial charge in [-0.05, 0) is 44.0 Å². The number of thioether (sulfide) groups is 1. The normalized spacial score (nSPS) is 10.1. The van der Waals surface area contributed by atoms with Gasteiger partial charge in [0.2, 0.25) is 0 Å². The van der Waals surface area contributed by atoms with E-state index in [4.69, 9.17) is 5.73 Å². The molecule has 2 aromatic rings. The van der Waals surface area contributed by atoms with Crippen LogP contribution in [0.3, 0.4) is 0 Å². The van der Waals surface area contributed by atoms with Crippen molar-refractivity contribution in [3.63, 3.8) is 0 Å². The van der Waals surface area contributed by atoms with Gasteiger partial charge in [0.1, 0.15) is 0 Å². The van der Waals surface area contributed by atoms with E-state index in [-0.39, 0.29) is 0 Å². The molecule has 21 heavy (non-hydrogen) atoms. The summed E-state index contributed by atoms with van der Waals surface area (Å²) >= 11 is 1.65. The maximum atomic E-state index is 5.40. The molecule has 0 aliphatic heterocycles. The van der Waals surface area contributed by atoms with Crippen molar-refractivity contribution in [3.8, 4) is 11.8 Å². The van der Waals surface area contributed by atoms with Crippen molar-refractivity contribution in [3.05, 3.63) is 52.3 Å². The zero-order chi connectivity index (χ0) is 15.2. The van der Waals surface area contributed by atoms with Gasteiger partial charge >= 0.3 is 0 Å². The van der Waals surface area contributed by atoms with E-state index in [1.807, 2.05) is 26.0 Å². The first-order valence-corrected chi connectivity index (χ1v) is 7.81. The van der Waals surface area contributed by atoms with Crippen molar-refractivity contribution in [2.45, 2.75) is 31.7 Å². The van der Waals surface area contributed by atoms with E-state index in [0.717, 1.165) is 27.9 Å². The molecule has 4 heteroatoms. The quantitative estimate of drug-likeness (QED) is 0.537. The maximum Gasteiger partial charge on any atom is 0.188 e. The van der Waals surface area contributed by atoms with Crippen molar-refractivity contribution in [2.75, 3.05) is 6.54 Å². The summed E-state index contributed by atoms with van der Waals surface area (Å²) < 4.78 is 0. The Morgan fingerprint density at radius 2 is 1.86 bits per heavy atom. The average Bonchev–Trinajstić information content (AvgIpc) is 2.49. The van der Waals surface area contributed by atoms with Crippen LogP contribution >= 0.6 is 11.8 Å². The average molecular weight is 297 g/mol. The number of rotatable bonds is 3. The monoisotopic (exact) mass is 297 g/mol. The zero-order valence-electron chi connectivity index (χ0n) is 12.6. The minimum absolute atomic E-state index is 0.384. The third-order valence-electron chi connectivity index (χ3n) is 3.24. The molecule has 1 aromatic heterocycles. The predicted octanol–water partition coefficient (Wildman–Crippen LogP) is 3.00. The summed E-state index contributed by atoms with van der Waals surface area (Å²) in [5.41, 5.74) is 10.9. The Bertz CT molecular complexity index is 676. The van der Waals surface area contributed by atoms with Gasteiger partial charge in [-0.3, -0.25) is 0 Å². The van der Waals surface area contributed by atoms with Crippen LogP contribution in [0.2, 0.25) is 0 Å². The number of nitrogens with zero attached hydrogens (tertiary/aromatic N) is 2. The molecule has 1 heterocycles. The second kappa shape index (κ2) is 7.26. The first kappa shape index (κ1) is 15.6. The van der Waals surface area contributed by atoms with Crippen LogP contribution in [0.4, 0.5) is 0 Å². The molecule has 0 unspecified atom stereocenters. The summed E-state index contributed by atoms with van der Waals surface area (Å²) in [6.45, 7) is 6.49. The molecule has 3 nitrogen and oxygen atoms in total. The summed E-state index contributed by atoms with van der Waals surface area (Å²) in [5.74, 6) is 6.76. The standard InChI is InChI=1S/C17H19N3S/c1-12-13(2)19-17(20-14(12)3)21-11-16-7-4-6-15(10-16)8-5-9-18/h4,6-7,10H,9,11,18H2,1-3H3. The Kier molecular flexibility index (Phi) is 5.38. The number of aromatic nitrogens is 2. The molecule has 0 fully saturated rings. The minimum Gasteiger partial charge on any atom is -0.320 e. The molecule has 0 radical (unpaired) electrons. The number of benzene rings is 1. The van der Waals surface area contributed by atoms with E-state index in [1.54, 1.807) is 11.8 Å². The number of nitrogens with two attached hydrogens (primary N) is 1. The first-order chi connectivity index (χ1) is 10.1. The van der Waals surface area contributed by atoms with E-state index >= 15 is 0 Å². The first-order valence-electron chi connectivity index (χ1n) is 6.82. The largest absolute Gasteiger partial charge is 0.320 e. The lowest BCUT2D eigenvalue weighted by Crippen LogP contribution is -1.98. The van der Waals surface area contributed by atoms with E-state index < -0.39 is 0 Å². The number of hydrogen-bond acceptors (Lipinski definition) is 4. The van der Waals surface area contributed by atoms with Crippen molar-refractivity contribution in [1.82, 2.24) is 9.97 Å². The molecule has 108 valence electrons. The molecule has 0 aliphatic carbocycles. The third kappa shape index (κ3) is 4.32. The molecule has 1 aromatic carbocycles. The Morgan fingerprint density at radius 1 is 1.14 bits per heavy atom. The molecule has 0 spiro atoms. The fourth-order valence-electron chi connectivity index (χ4n) is 1.85. The Morgan fingerprint density at radius 3 is 2.52 bits per heavy atom. The molecule has 0 bridgehead atoms. The van der Waals surface area contributed by atoms with Crippen LogP contribution in [0.5, 0.6) is 0 Å². The minimum atomic E-state index is 0.384. The van der Waals surface area contributed by atoms with E-state index in [0.29, 0.717) is 6.54 Å². The second-order valence-corrected chi connectivity index (χ2v) is 5.74. The van der Waals surface area contributed by atoms with Gasteiger partial charge in [0.15, 0.2) is 5.16 Å². The Labute approximate surface area is 130 Å². The Hall–Kier alpha value is -1.83. The highest BCUT2D eigenvalue weighted by Crippen LogP contribution is 2.21. The van der Waals surface area contributed by atoms with Gasteiger partial charge in [0, 0.05) is 22.7 Å². The second-order valence-electron chi connectivity index (χ2n) is 4.80. The molecule has 0 saturated heterocycles. The van der Waals surface area contributed by atoms with Gasteiger partial charge in [0.05, 0.1) is 6.54 Å². The summed E-state index contributed by atoms with van der Waals surface area (Å²) in [5, 5.41) is 0.828. The van der Waals surface area contributed by atoms with Crippen molar-refractivity contribution in [1.29, 1.82) is 0 Å². The number of aryl methyl sites for hydroxylation is 2. The van der Waals surface area contributed by atoms with Crippen LogP contribution in [0.15, 0.2) is 29.4 Å². The fraction of sp³-hybridized carbons (Fsp3) is 0.294. The third-order valence-corrected chi connectivity index (χ3v) is 4.16. The zero-order valence-corrected chi connectivity index (χ0v) is 13.4. The van der Waals surface area contributed by atoms with Crippen LogP contribution in [0.25, 0.3) is 0 Å². The molecule has 2 rings (SSSR count). The Balaban J connectivity index is 2.09. The lowest BCUT2D eigenvalue weighted by Gasteiger charge is -2.07. The summed E-state index contributed by atoms with van der Waals surface area (Å²) in [7, 11) is 0. The molecular weight excluding hydrogens is 278 g/mol. The van der Waals surface area contributed by atoms with Crippen molar-refractivity contribution in [2.24, 2.45) is 5.73 Å². The lowest BCUT2D eigenvalue weighted by molar-refractivity contribution is 0.880. The molecule has 0 saturated carbocycles. The van der Waals surface area contributed by atoms with Crippen molar-refractivity contribution < 1.29 is 0 Å². The van der Waals surface area contributed by atoms with Gasteiger partial charge in [-0.1, -0.05) is 35.7 Å². The predicted molar refractivity (Wildman–Crippen MR) is 88.2 cm³/mol. The highest BCUT2D eigenvalue weighted by molar-refractivity contribution is 7.98. The van der Waals surface area contributed by atoms with E-state index in [1.165, 1.54) is 11.1 Å². The van der Waals surface area contributed by atoms with Crippen LogP contribution in [0.1, 0.15) is 28.1 Å². The molecular formula is C17H19N3S. The summed E-state index contributed by atoms with van der Waals surface area (Å²) in [6.07, 6.45) is 0. The van der Waals surface area contributed by atoms with Crippen LogP contribution in [-0.4, -0.2) is 16.5 Å². The molecule has 0 atom stereocenters. The fourth-order valence-corrected chi connectivity index (χ4v) is 2.72. The maximum absolute atomic E-state index is 5.40. The van der Waals surface area contributed by atoms with Gasteiger partial charge in [0.25, 0.3) is 0 Å². The van der Waals surface area contributed by atoms with E-state index in [2.05, 4.69) is 40.9 Å². The van der Waals surface area contributed by atoms with Gasteiger partial charge in [-0.2, -0.15) is 0 Å². The topological polar surface area (TPSA) is 51.8 Å². The lowest BCUT2D eigenvalue weighted by atomic mass is 10.1. The van der Waals surface area contributed by atoms with Gasteiger partial charge in [-0.15, -0.1) is 0 Å². The molecule has 0 aliphatic rings. The highest BCUT2D eigenvalue weighted by atomic mass is 32.2. The van der Waals surface area contributed by atoms with Gasteiger partial charge < -0.3 is 5.73 Å². The van der Waals surface area contributed by atoms with Crippen LogP contribution in [-0.2, 0) is 5.75 Å². The smallest absolute Gasteiger partial charge is 0.188 e. The van der Waals surface area contributed by atoms with E-state index in [9.17, 15) is 0 Å². The van der Waals surface area contributed by atoms with Crippen LogP contribution in [0, 0.1) is 32.6 Å². The summed E-state index contributed by atoms with van der Waals surface area (Å²) in [6, 6.07) is 8.19.